The molecule has 2 fully saturated rings. The fourth-order valence-electron chi connectivity index (χ4n) is 2.46. The number of hydrogen-bond acceptors (Lipinski definition) is 4. The van der Waals surface area contributed by atoms with Crippen LogP contribution in [0.5, 0.6) is 0 Å². The quantitative estimate of drug-likeness (QED) is 0.803. The van der Waals surface area contributed by atoms with E-state index in [4.69, 9.17) is 16.4 Å². The van der Waals surface area contributed by atoms with Crippen molar-refractivity contribution >= 4 is 27.1 Å². The number of anilines is 1. The molecule has 19 heavy (non-hydrogen) atoms. The second kappa shape index (κ2) is 4.65. The second-order valence-corrected chi connectivity index (χ2v) is 7.77. The highest BCUT2D eigenvalue weighted by molar-refractivity contribution is 7.90. The summed E-state index contributed by atoms with van der Waals surface area (Å²) in [7, 11) is -3.28. The first kappa shape index (κ1) is 13.2. The minimum absolute atomic E-state index is 0.00860. The summed E-state index contributed by atoms with van der Waals surface area (Å²) in [5.41, 5.74) is 0.582. The Morgan fingerprint density at radius 2 is 2.00 bits per heavy atom. The van der Waals surface area contributed by atoms with Gasteiger partial charge in [-0.3, -0.25) is 9.90 Å². The minimum atomic E-state index is -3.28. The van der Waals surface area contributed by atoms with Gasteiger partial charge in [-0.1, -0.05) is 12.1 Å². The van der Waals surface area contributed by atoms with Crippen LogP contribution in [0.2, 0.25) is 0 Å². The zero-order valence-corrected chi connectivity index (χ0v) is 12.2. The Balaban J connectivity index is 1.91. The lowest BCUT2D eigenvalue weighted by atomic mass is 10.2. The molecule has 2 atom stereocenters. The van der Waals surface area contributed by atoms with Gasteiger partial charge in [-0.25, -0.2) is 8.42 Å². The first-order valence-electron chi connectivity index (χ1n) is 6.34. The summed E-state index contributed by atoms with van der Waals surface area (Å²) in [6.45, 7) is 0.523. The summed E-state index contributed by atoms with van der Waals surface area (Å²) < 4.78 is 23.6. The van der Waals surface area contributed by atoms with Crippen molar-refractivity contribution in [3.8, 4) is 0 Å². The molecule has 1 aliphatic carbocycles. The smallest absolute Gasteiger partial charge is 0.177 e. The van der Waals surface area contributed by atoms with Crippen molar-refractivity contribution in [1.29, 1.82) is 0 Å². The number of para-hydroxylation sites is 1. The molecule has 1 aromatic rings. The van der Waals surface area contributed by atoms with E-state index in [0.717, 1.165) is 12.8 Å². The van der Waals surface area contributed by atoms with Crippen molar-refractivity contribution in [3.63, 3.8) is 0 Å². The highest BCUT2D eigenvalue weighted by atomic mass is 35.5. The third-order valence-electron chi connectivity index (χ3n) is 3.57. The second-order valence-electron chi connectivity index (χ2n) is 5.22. The standard InChI is InChI=1S/C13H16ClNO3S/c1-19(16,17)12-5-3-2-4-11(12)15-8-10(14)13(18-15)9-6-7-9/h2-5,9-10,13H,6-8H2,1H3. The van der Waals surface area contributed by atoms with Crippen molar-refractivity contribution in [2.24, 2.45) is 5.92 Å². The topological polar surface area (TPSA) is 46.6 Å². The molecule has 0 radical (unpaired) electrons. The van der Waals surface area contributed by atoms with E-state index in [1.54, 1.807) is 29.3 Å². The van der Waals surface area contributed by atoms with E-state index in [1.807, 2.05) is 0 Å². The molecule has 0 amide bonds. The Morgan fingerprint density at radius 3 is 2.63 bits per heavy atom. The molecule has 0 bridgehead atoms. The third kappa shape index (κ3) is 2.59. The average molecular weight is 302 g/mol. The number of halogens is 1. The summed E-state index contributed by atoms with van der Waals surface area (Å²) in [5, 5.41) is 1.55. The molecule has 0 spiro atoms. The lowest BCUT2D eigenvalue weighted by Gasteiger charge is -2.20. The van der Waals surface area contributed by atoms with Crippen LogP contribution in [0.3, 0.4) is 0 Å². The lowest BCUT2D eigenvalue weighted by Crippen LogP contribution is -2.21. The molecule has 1 saturated heterocycles. The fourth-order valence-corrected chi connectivity index (χ4v) is 3.71. The summed E-state index contributed by atoms with van der Waals surface area (Å²) >= 11 is 6.31. The Hall–Kier alpha value is -0.780. The first-order valence-corrected chi connectivity index (χ1v) is 8.67. The van der Waals surface area contributed by atoms with E-state index in [0.29, 0.717) is 18.2 Å². The van der Waals surface area contributed by atoms with E-state index in [1.165, 1.54) is 6.26 Å². The van der Waals surface area contributed by atoms with Crippen LogP contribution in [0, 0.1) is 5.92 Å². The molecule has 1 saturated carbocycles. The van der Waals surface area contributed by atoms with Crippen LogP contribution < -0.4 is 5.06 Å². The number of hydrogen-bond donors (Lipinski definition) is 0. The van der Waals surface area contributed by atoms with Gasteiger partial charge in [-0.15, -0.1) is 11.6 Å². The van der Waals surface area contributed by atoms with E-state index in [2.05, 4.69) is 0 Å². The third-order valence-corrected chi connectivity index (χ3v) is 5.10. The molecule has 1 aromatic carbocycles. The zero-order chi connectivity index (χ0) is 13.6. The molecule has 2 aliphatic rings. The number of sulfone groups is 1. The molecular formula is C13H16ClNO3S. The maximum absolute atomic E-state index is 11.8. The maximum Gasteiger partial charge on any atom is 0.177 e. The van der Waals surface area contributed by atoms with Crippen LogP contribution in [-0.2, 0) is 14.7 Å². The lowest BCUT2D eigenvalue weighted by molar-refractivity contribution is 0.0728. The van der Waals surface area contributed by atoms with Crippen LogP contribution in [0.4, 0.5) is 5.69 Å². The Labute approximate surface area is 118 Å². The molecule has 3 rings (SSSR count). The SMILES string of the molecule is CS(=O)(=O)c1ccccc1N1CC(Cl)C(C2CC2)O1. The highest BCUT2D eigenvalue weighted by Crippen LogP contribution is 2.42. The average Bonchev–Trinajstić information content (AvgIpc) is 3.12. The summed E-state index contributed by atoms with van der Waals surface area (Å²) in [6.07, 6.45) is 3.51. The van der Waals surface area contributed by atoms with E-state index in [-0.39, 0.29) is 16.4 Å². The summed E-state index contributed by atoms with van der Waals surface area (Å²) in [5.74, 6) is 0.526. The normalized spacial score (nSPS) is 27.8. The summed E-state index contributed by atoms with van der Waals surface area (Å²) in [6, 6.07) is 6.88. The van der Waals surface area contributed by atoms with Crippen LogP contribution in [-0.4, -0.2) is 32.7 Å². The van der Waals surface area contributed by atoms with Crippen molar-refractivity contribution in [2.75, 3.05) is 17.9 Å². The van der Waals surface area contributed by atoms with Crippen LogP contribution in [0.25, 0.3) is 0 Å². The monoisotopic (exact) mass is 301 g/mol. The number of benzene rings is 1. The molecule has 1 heterocycles. The van der Waals surface area contributed by atoms with Gasteiger partial charge in [0, 0.05) is 6.26 Å². The van der Waals surface area contributed by atoms with Gasteiger partial charge in [-0.2, -0.15) is 0 Å². The van der Waals surface area contributed by atoms with E-state index >= 15 is 0 Å². The molecule has 6 heteroatoms. The fraction of sp³-hybridized carbons (Fsp3) is 0.538. The van der Waals surface area contributed by atoms with Gasteiger partial charge in [0.05, 0.1) is 22.5 Å². The minimum Gasteiger partial charge on any atom is -0.268 e. The molecule has 0 aromatic heterocycles. The van der Waals surface area contributed by atoms with Gasteiger partial charge in [0.2, 0.25) is 0 Å². The predicted molar refractivity (Wildman–Crippen MR) is 74.1 cm³/mol. The van der Waals surface area contributed by atoms with Gasteiger partial charge >= 0.3 is 0 Å². The molecule has 0 N–H and O–H groups in total. The van der Waals surface area contributed by atoms with Crippen molar-refractivity contribution in [2.45, 2.75) is 29.2 Å². The zero-order valence-electron chi connectivity index (χ0n) is 10.6. The largest absolute Gasteiger partial charge is 0.268 e. The molecule has 2 unspecified atom stereocenters. The number of rotatable bonds is 3. The van der Waals surface area contributed by atoms with E-state index in [9.17, 15) is 8.42 Å². The first-order chi connectivity index (χ1) is 8.97. The van der Waals surface area contributed by atoms with Gasteiger partial charge in [0.25, 0.3) is 0 Å². The van der Waals surface area contributed by atoms with Crippen molar-refractivity contribution in [3.05, 3.63) is 24.3 Å². The number of hydroxylamine groups is 1. The maximum atomic E-state index is 11.8. The summed E-state index contributed by atoms with van der Waals surface area (Å²) in [4.78, 5) is 6.14. The van der Waals surface area contributed by atoms with Crippen LogP contribution in [0.1, 0.15) is 12.8 Å². The molecular weight excluding hydrogens is 286 g/mol. The van der Waals surface area contributed by atoms with E-state index < -0.39 is 9.84 Å². The predicted octanol–water partition coefficient (Wildman–Crippen LogP) is 2.23. The van der Waals surface area contributed by atoms with Crippen LogP contribution >= 0.6 is 11.6 Å². The molecule has 104 valence electrons. The Bertz CT molecular complexity index is 585. The Kier molecular flexibility index (Phi) is 3.23. The van der Waals surface area contributed by atoms with Crippen LogP contribution in [0.15, 0.2) is 29.2 Å². The van der Waals surface area contributed by atoms with Gasteiger partial charge in [0.15, 0.2) is 9.84 Å². The van der Waals surface area contributed by atoms with Gasteiger partial charge in [0.1, 0.15) is 6.10 Å². The molecule has 4 nitrogen and oxygen atoms in total. The number of alkyl halides is 1. The highest BCUT2D eigenvalue weighted by Gasteiger charge is 2.44. The Morgan fingerprint density at radius 1 is 1.32 bits per heavy atom. The van der Waals surface area contributed by atoms with Crippen molar-refractivity contribution in [1.82, 2.24) is 0 Å². The molecule has 1 aliphatic heterocycles. The van der Waals surface area contributed by atoms with Gasteiger partial charge < -0.3 is 0 Å². The van der Waals surface area contributed by atoms with Crippen molar-refractivity contribution < 1.29 is 13.3 Å². The number of nitrogens with zero attached hydrogens (tertiary/aromatic N) is 1. The van der Waals surface area contributed by atoms with Gasteiger partial charge in [-0.05, 0) is 30.9 Å².